The standard InChI is InChI=1S/C40H30N4/c41-26-27-18-20-32-33-21-19-30(25-36(33)40(35(32)24-27)22-10-3-11-23-40)31-16-8-9-17-34(31)39-43-37(28-12-4-1-5-13-28)42-38(44-39)29-14-6-2-7-15-29/h1-2,4-9,12-21,24-25H,3,10-11,22-23H2. The van der Waals surface area contributed by atoms with Crippen molar-refractivity contribution >= 4 is 0 Å². The van der Waals surface area contributed by atoms with Crippen molar-refractivity contribution in [3.63, 3.8) is 0 Å². The molecule has 0 N–H and O–H groups in total. The maximum atomic E-state index is 9.72. The SMILES string of the molecule is N#Cc1ccc2c(c1)C1(CCCCC1)c1cc(-c3ccccc3-c3nc(-c4ccccc4)nc(-c4ccccc4)n3)ccc1-2. The van der Waals surface area contributed by atoms with Crippen LogP contribution < -0.4 is 0 Å². The average molecular weight is 567 g/mol. The summed E-state index contributed by atoms with van der Waals surface area (Å²) in [5.41, 5.74) is 11.1. The molecule has 8 rings (SSSR count). The molecule has 0 saturated heterocycles. The summed E-state index contributed by atoms with van der Waals surface area (Å²) in [5.74, 6) is 1.97. The minimum absolute atomic E-state index is 0.0468. The fourth-order valence-electron chi connectivity index (χ4n) is 7.29. The molecular formula is C40H30N4. The van der Waals surface area contributed by atoms with Crippen LogP contribution in [-0.4, -0.2) is 15.0 Å². The van der Waals surface area contributed by atoms with Crippen LogP contribution in [0.2, 0.25) is 0 Å². The van der Waals surface area contributed by atoms with Crippen molar-refractivity contribution in [1.82, 2.24) is 15.0 Å². The lowest BCUT2D eigenvalue weighted by Crippen LogP contribution is -2.28. The zero-order chi connectivity index (χ0) is 29.5. The van der Waals surface area contributed by atoms with Crippen LogP contribution in [0.3, 0.4) is 0 Å². The molecule has 1 saturated carbocycles. The van der Waals surface area contributed by atoms with Crippen LogP contribution >= 0.6 is 0 Å². The fraction of sp³-hybridized carbons (Fsp3) is 0.150. The number of benzene rings is 5. The van der Waals surface area contributed by atoms with Crippen LogP contribution in [0, 0.1) is 11.3 Å². The first-order valence-corrected chi connectivity index (χ1v) is 15.4. The van der Waals surface area contributed by atoms with E-state index in [1.165, 1.54) is 41.5 Å². The maximum absolute atomic E-state index is 9.72. The second-order valence-corrected chi connectivity index (χ2v) is 11.9. The van der Waals surface area contributed by atoms with Gasteiger partial charge in [-0.2, -0.15) is 5.26 Å². The predicted molar refractivity (Wildman–Crippen MR) is 176 cm³/mol. The molecule has 5 aromatic carbocycles. The summed E-state index contributed by atoms with van der Waals surface area (Å²) in [6.45, 7) is 0. The van der Waals surface area contributed by atoms with E-state index >= 15 is 0 Å². The van der Waals surface area contributed by atoms with E-state index in [2.05, 4.69) is 60.7 Å². The van der Waals surface area contributed by atoms with Gasteiger partial charge in [-0.05, 0) is 64.4 Å². The Hall–Kier alpha value is -5.40. The van der Waals surface area contributed by atoms with E-state index in [9.17, 15) is 5.26 Å². The first kappa shape index (κ1) is 26.2. The molecule has 2 aliphatic carbocycles. The quantitative estimate of drug-likeness (QED) is 0.213. The Bertz CT molecular complexity index is 1990. The molecule has 44 heavy (non-hydrogen) atoms. The molecule has 1 aromatic heterocycles. The summed E-state index contributed by atoms with van der Waals surface area (Å²) >= 11 is 0. The Morgan fingerprint density at radius 1 is 0.477 bits per heavy atom. The van der Waals surface area contributed by atoms with Crippen LogP contribution in [-0.2, 0) is 5.41 Å². The molecule has 1 heterocycles. The number of fused-ring (bicyclic) bond motifs is 5. The highest BCUT2D eigenvalue weighted by Crippen LogP contribution is 2.56. The van der Waals surface area contributed by atoms with E-state index < -0.39 is 0 Å². The van der Waals surface area contributed by atoms with Crippen molar-refractivity contribution < 1.29 is 0 Å². The van der Waals surface area contributed by atoms with Gasteiger partial charge in [0.15, 0.2) is 17.5 Å². The van der Waals surface area contributed by atoms with E-state index in [-0.39, 0.29) is 5.41 Å². The van der Waals surface area contributed by atoms with Gasteiger partial charge < -0.3 is 0 Å². The summed E-state index contributed by atoms with van der Waals surface area (Å²) in [7, 11) is 0. The number of hydrogen-bond donors (Lipinski definition) is 0. The predicted octanol–water partition coefficient (Wildman–Crippen LogP) is 9.64. The molecule has 2 aliphatic rings. The van der Waals surface area contributed by atoms with Gasteiger partial charge in [-0.25, -0.2) is 15.0 Å². The van der Waals surface area contributed by atoms with Crippen molar-refractivity contribution in [3.05, 3.63) is 138 Å². The summed E-state index contributed by atoms with van der Waals surface area (Å²) in [6.07, 6.45) is 5.89. The molecular weight excluding hydrogens is 536 g/mol. The molecule has 210 valence electrons. The minimum Gasteiger partial charge on any atom is -0.208 e. The molecule has 1 spiro atoms. The Morgan fingerprint density at radius 2 is 1.02 bits per heavy atom. The van der Waals surface area contributed by atoms with Crippen molar-refractivity contribution in [1.29, 1.82) is 5.26 Å². The second-order valence-electron chi connectivity index (χ2n) is 11.9. The maximum Gasteiger partial charge on any atom is 0.164 e. The molecule has 6 aromatic rings. The molecule has 0 radical (unpaired) electrons. The van der Waals surface area contributed by atoms with Gasteiger partial charge in [-0.1, -0.05) is 122 Å². The van der Waals surface area contributed by atoms with Gasteiger partial charge in [0.2, 0.25) is 0 Å². The van der Waals surface area contributed by atoms with Gasteiger partial charge in [-0.3, -0.25) is 0 Å². The van der Waals surface area contributed by atoms with Crippen molar-refractivity contribution in [3.8, 4) is 62.5 Å². The average Bonchev–Trinajstić information content (AvgIpc) is 3.36. The molecule has 4 nitrogen and oxygen atoms in total. The van der Waals surface area contributed by atoms with E-state index in [1.807, 2.05) is 66.7 Å². The molecule has 0 aliphatic heterocycles. The molecule has 0 atom stereocenters. The normalized spacial score (nSPS) is 14.5. The topological polar surface area (TPSA) is 62.5 Å². The number of nitrogens with zero attached hydrogens (tertiary/aromatic N) is 4. The Balaban J connectivity index is 1.30. The van der Waals surface area contributed by atoms with Gasteiger partial charge in [0, 0.05) is 22.1 Å². The van der Waals surface area contributed by atoms with Crippen molar-refractivity contribution in [2.45, 2.75) is 37.5 Å². The molecule has 4 heteroatoms. The minimum atomic E-state index is -0.0468. The lowest BCUT2D eigenvalue weighted by atomic mass is 9.67. The van der Waals surface area contributed by atoms with E-state index in [1.54, 1.807) is 0 Å². The van der Waals surface area contributed by atoms with Crippen LogP contribution in [0.5, 0.6) is 0 Å². The van der Waals surface area contributed by atoms with Crippen LogP contribution in [0.4, 0.5) is 0 Å². The van der Waals surface area contributed by atoms with Gasteiger partial charge in [-0.15, -0.1) is 0 Å². The summed E-state index contributed by atoms with van der Waals surface area (Å²) in [6, 6.07) is 44.2. The summed E-state index contributed by atoms with van der Waals surface area (Å²) in [4.78, 5) is 15.0. The largest absolute Gasteiger partial charge is 0.208 e. The van der Waals surface area contributed by atoms with Gasteiger partial charge >= 0.3 is 0 Å². The fourth-order valence-corrected chi connectivity index (χ4v) is 7.29. The van der Waals surface area contributed by atoms with Crippen molar-refractivity contribution in [2.75, 3.05) is 0 Å². The van der Waals surface area contributed by atoms with Crippen LogP contribution in [0.15, 0.2) is 121 Å². The molecule has 1 fully saturated rings. The Kier molecular flexibility index (Phi) is 6.38. The van der Waals surface area contributed by atoms with E-state index in [0.717, 1.165) is 46.2 Å². The van der Waals surface area contributed by atoms with E-state index in [4.69, 9.17) is 15.0 Å². The first-order valence-electron chi connectivity index (χ1n) is 15.4. The third kappa shape index (κ3) is 4.32. The Morgan fingerprint density at radius 3 is 1.66 bits per heavy atom. The number of hydrogen-bond acceptors (Lipinski definition) is 4. The Labute approximate surface area is 257 Å². The lowest BCUT2D eigenvalue weighted by molar-refractivity contribution is 0.353. The number of rotatable bonds is 4. The van der Waals surface area contributed by atoms with E-state index in [0.29, 0.717) is 17.5 Å². The molecule has 0 amide bonds. The zero-order valence-electron chi connectivity index (χ0n) is 24.4. The van der Waals surface area contributed by atoms with Crippen molar-refractivity contribution in [2.24, 2.45) is 0 Å². The zero-order valence-corrected chi connectivity index (χ0v) is 24.4. The number of aromatic nitrogens is 3. The first-order chi connectivity index (χ1) is 21.7. The highest BCUT2D eigenvalue weighted by atomic mass is 15.0. The second kappa shape index (κ2) is 10.7. The lowest BCUT2D eigenvalue weighted by Gasteiger charge is -2.36. The highest BCUT2D eigenvalue weighted by molar-refractivity contribution is 5.88. The molecule has 0 unspecified atom stereocenters. The smallest absolute Gasteiger partial charge is 0.164 e. The van der Waals surface area contributed by atoms with Gasteiger partial charge in [0.1, 0.15) is 0 Å². The summed E-state index contributed by atoms with van der Waals surface area (Å²) in [5, 5.41) is 9.72. The highest BCUT2D eigenvalue weighted by Gasteiger charge is 2.44. The molecule has 0 bridgehead atoms. The third-order valence-corrected chi connectivity index (χ3v) is 9.38. The number of nitriles is 1. The van der Waals surface area contributed by atoms with Crippen LogP contribution in [0.1, 0.15) is 48.8 Å². The monoisotopic (exact) mass is 566 g/mol. The third-order valence-electron chi connectivity index (χ3n) is 9.38. The van der Waals surface area contributed by atoms with Gasteiger partial charge in [0.25, 0.3) is 0 Å². The van der Waals surface area contributed by atoms with Gasteiger partial charge in [0.05, 0.1) is 11.6 Å². The summed E-state index contributed by atoms with van der Waals surface area (Å²) < 4.78 is 0. The van der Waals surface area contributed by atoms with Crippen LogP contribution in [0.25, 0.3) is 56.4 Å².